The van der Waals surface area contributed by atoms with E-state index >= 15 is 0 Å². The molecule has 3 nitrogen and oxygen atoms in total. The van der Waals surface area contributed by atoms with E-state index in [0.717, 1.165) is 24.4 Å². The number of anilines is 1. The van der Waals surface area contributed by atoms with Crippen LogP contribution in [0.25, 0.3) is 10.9 Å². The molecule has 1 fully saturated rings. The largest absolute Gasteiger partial charge is 0.377 e. The summed E-state index contributed by atoms with van der Waals surface area (Å²) in [6.45, 7) is 1.60. The second kappa shape index (κ2) is 3.51. The van der Waals surface area contributed by atoms with Crippen molar-refractivity contribution < 1.29 is 4.74 Å². The van der Waals surface area contributed by atoms with Gasteiger partial charge in [0.05, 0.1) is 24.8 Å². The number of fused-ring (bicyclic) bond motifs is 1. The van der Waals surface area contributed by atoms with Gasteiger partial charge in [-0.05, 0) is 24.3 Å². The van der Waals surface area contributed by atoms with Crippen LogP contribution in [0.4, 0.5) is 5.69 Å². The van der Waals surface area contributed by atoms with Gasteiger partial charge in [-0.3, -0.25) is 4.98 Å². The van der Waals surface area contributed by atoms with Gasteiger partial charge in [-0.2, -0.15) is 0 Å². The molecule has 1 aromatic carbocycles. The molecule has 1 aromatic heterocycles. The normalized spacial score (nSPS) is 16.3. The van der Waals surface area contributed by atoms with Crippen molar-refractivity contribution in [3.8, 4) is 0 Å². The Morgan fingerprint density at radius 2 is 2.13 bits per heavy atom. The molecule has 15 heavy (non-hydrogen) atoms. The van der Waals surface area contributed by atoms with E-state index in [1.807, 2.05) is 24.4 Å². The molecular weight excluding hydrogens is 188 g/mol. The van der Waals surface area contributed by atoms with Crippen molar-refractivity contribution in [2.24, 2.45) is 0 Å². The van der Waals surface area contributed by atoms with Crippen LogP contribution in [0, 0.1) is 0 Å². The Kier molecular flexibility index (Phi) is 2.03. The zero-order valence-corrected chi connectivity index (χ0v) is 8.31. The molecule has 1 aliphatic rings. The molecule has 0 atom stereocenters. The topological polar surface area (TPSA) is 34.1 Å². The van der Waals surface area contributed by atoms with Crippen molar-refractivity contribution in [1.29, 1.82) is 0 Å². The molecule has 0 radical (unpaired) electrons. The second-order valence-electron chi connectivity index (χ2n) is 3.75. The van der Waals surface area contributed by atoms with Gasteiger partial charge in [0.2, 0.25) is 0 Å². The Labute approximate surface area is 88.1 Å². The molecule has 1 aliphatic heterocycles. The van der Waals surface area contributed by atoms with E-state index in [2.05, 4.69) is 22.4 Å². The fourth-order valence-electron chi connectivity index (χ4n) is 1.77. The zero-order valence-electron chi connectivity index (χ0n) is 8.31. The smallest absolute Gasteiger partial charge is 0.0728 e. The molecule has 3 rings (SSSR count). The fraction of sp³-hybridized carbons (Fsp3) is 0.250. The summed E-state index contributed by atoms with van der Waals surface area (Å²) in [5.74, 6) is 0. The summed E-state index contributed by atoms with van der Waals surface area (Å²) < 4.78 is 5.14. The molecule has 76 valence electrons. The van der Waals surface area contributed by atoms with E-state index in [1.165, 1.54) is 5.39 Å². The van der Waals surface area contributed by atoms with E-state index in [0.29, 0.717) is 6.04 Å². The molecule has 3 heteroatoms. The maximum absolute atomic E-state index is 5.14. The summed E-state index contributed by atoms with van der Waals surface area (Å²) in [6, 6.07) is 10.6. The number of pyridine rings is 1. The lowest BCUT2D eigenvalue weighted by Gasteiger charge is -2.28. The Morgan fingerprint density at radius 3 is 2.93 bits per heavy atom. The maximum atomic E-state index is 5.14. The lowest BCUT2D eigenvalue weighted by Crippen LogP contribution is -2.40. The maximum Gasteiger partial charge on any atom is 0.0728 e. The van der Waals surface area contributed by atoms with E-state index in [-0.39, 0.29) is 0 Å². The molecule has 0 unspecified atom stereocenters. The first-order chi connectivity index (χ1) is 7.43. The van der Waals surface area contributed by atoms with Crippen LogP contribution in [-0.2, 0) is 4.74 Å². The van der Waals surface area contributed by atoms with Crippen LogP contribution in [0.15, 0.2) is 36.5 Å². The number of hydrogen-bond acceptors (Lipinski definition) is 3. The summed E-state index contributed by atoms with van der Waals surface area (Å²) >= 11 is 0. The van der Waals surface area contributed by atoms with Gasteiger partial charge in [0.25, 0.3) is 0 Å². The first kappa shape index (κ1) is 8.68. The number of ether oxygens (including phenoxy) is 1. The van der Waals surface area contributed by atoms with Gasteiger partial charge in [-0.1, -0.05) is 6.07 Å². The van der Waals surface area contributed by atoms with Crippen LogP contribution < -0.4 is 5.32 Å². The second-order valence-corrected chi connectivity index (χ2v) is 3.75. The van der Waals surface area contributed by atoms with Crippen molar-refractivity contribution in [2.75, 3.05) is 18.5 Å². The minimum Gasteiger partial charge on any atom is -0.377 e. The summed E-state index contributed by atoms with van der Waals surface area (Å²) in [7, 11) is 0. The third-order valence-electron chi connectivity index (χ3n) is 2.64. The van der Waals surface area contributed by atoms with E-state index in [4.69, 9.17) is 4.74 Å². The van der Waals surface area contributed by atoms with E-state index in [9.17, 15) is 0 Å². The van der Waals surface area contributed by atoms with Crippen molar-refractivity contribution in [3.63, 3.8) is 0 Å². The number of nitrogens with one attached hydrogen (secondary N) is 1. The summed E-state index contributed by atoms with van der Waals surface area (Å²) in [6.07, 6.45) is 1.82. The average molecular weight is 200 g/mol. The molecule has 1 N–H and O–H groups in total. The van der Waals surface area contributed by atoms with Crippen molar-refractivity contribution >= 4 is 16.6 Å². The predicted octanol–water partition coefficient (Wildman–Crippen LogP) is 2.05. The number of rotatable bonds is 2. The van der Waals surface area contributed by atoms with E-state index < -0.39 is 0 Å². The Hall–Kier alpha value is -1.61. The highest BCUT2D eigenvalue weighted by Crippen LogP contribution is 2.23. The Bertz CT molecular complexity index is 475. The predicted molar refractivity (Wildman–Crippen MR) is 60.0 cm³/mol. The van der Waals surface area contributed by atoms with Gasteiger partial charge >= 0.3 is 0 Å². The number of benzene rings is 1. The van der Waals surface area contributed by atoms with Crippen LogP contribution >= 0.6 is 0 Å². The quantitative estimate of drug-likeness (QED) is 0.805. The van der Waals surface area contributed by atoms with Crippen LogP contribution in [0.3, 0.4) is 0 Å². The third-order valence-corrected chi connectivity index (χ3v) is 2.64. The number of hydrogen-bond donors (Lipinski definition) is 1. The van der Waals surface area contributed by atoms with Crippen molar-refractivity contribution in [1.82, 2.24) is 4.98 Å². The lowest BCUT2D eigenvalue weighted by molar-refractivity contribution is 0.0211. The molecule has 0 aliphatic carbocycles. The molecule has 0 saturated carbocycles. The van der Waals surface area contributed by atoms with Gasteiger partial charge < -0.3 is 10.1 Å². The minimum atomic E-state index is 0.454. The van der Waals surface area contributed by atoms with Gasteiger partial charge in [-0.25, -0.2) is 0 Å². The molecule has 2 aromatic rings. The fourth-order valence-corrected chi connectivity index (χ4v) is 1.77. The molecule has 0 amide bonds. The molecule has 0 spiro atoms. The first-order valence-electron chi connectivity index (χ1n) is 5.11. The highest BCUT2D eigenvalue weighted by Gasteiger charge is 2.18. The van der Waals surface area contributed by atoms with Crippen molar-refractivity contribution in [2.45, 2.75) is 6.04 Å². The Balaban J connectivity index is 2.01. The van der Waals surface area contributed by atoms with Crippen LogP contribution in [0.1, 0.15) is 0 Å². The SMILES string of the molecule is c1cc(NC2COC2)c2cccnc2c1. The summed E-state index contributed by atoms with van der Waals surface area (Å²) in [5, 5.41) is 4.63. The summed E-state index contributed by atoms with van der Waals surface area (Å²) in [5.41, 5.74) is 2.18. The highest BCUT2D eigenvalue weighted by atomic mass is 16.5. The monoisotopic (exact) mass is 200 g/mol. The summed E-state index contributed by atoms with van der Waals surface area (Å²) in [4.78, 5) is 4.32. The van der Waals surface area contributed by atoms with Crippen LogP contribution in [-0.4, -0.2) is 24.2 Å². The number of aromatic nitrogens is 1. The van der Waals surface area contributed by atoms with Crippen LogP contribution in [0.2, 0.25) is 0 Å². The molecular formula is C12H12N2O. The van der Waals surface area contributed by atoms with Gasteiger partial charge in [0, 0.05) is 17.3 Å². The lowest BCUT2D eigenvalue weighted by atomic mass is 10.1. The third kappa shape index (κ3) is 1.55. The zero-order chi connectivity index (χ0) is 10.1. The molecule has 1 saturated heterocycles. The Morgan fingerprint density at radius 1 is 1.20 bits per heavy atom. The minimum absolute atomic E-state index is 0.454. The van der Waals surface area contributed by atoms with Crippen molar-refractivity contribution in [3.05, 3.63) is 36.5 Å². The van der Waals surface area contributed by atoms with Gasteiger partial charge in [0.15, 0.2) is 0 Å². The molecule has 0 bridgehead atoms. The van der Waals surface area contributed by atoms with Gasteiger partial charge in [0.1, 0.15) is 0 Å². The average Bonchev–Trinajstić information content (AvgIpc) is 2.23. The standard InChI is InChI=1S/C12H12N2O/c1-4-11-10(3-2-6-13-11)12(5-1)14-9-7-15-8-9/h1-6,9,14H,7-8H2. The van der Waals surface area contributed by atoms with E-state index in [1.54, 1.807) is 0 Å². The first-order valence-corrected chi connectivity index (χ1v) is 5.11. The van der Waals surface area contributed by atoms with Gasteiger partial charge in [-0.15, -0.1) is 0 Å². The number of nitrogens with zero attached hydrogens (tertiary/aromatic N) is 1. The van der Waals surface area contributed by atoms with Crippen LogP contribution in [0.5, 0.6) is 0 Å². The molecule has 2 heterocycles. The highest BCUT2D eigenvalue weighted by molar-refractivity contribution is 5.91.